The fourth-order valence-corrected chi connectivity index (χ4v) is 6.13. The number of fused-ring (bicyclic) bond motifs is 2. The van der Waals surface area contributed by atoms with Crippen molar-refractivity contribution >= 4 is 45.4 Å². The van der Waals surface area contributed by atoms with Crippen LogP contribution in [0.25, 0.3) is 33.2 Å². The molecule has 7 rings (SSSR count). The van der Waals surface area contributed by atoms with E-state index in [1.165, 1.54) is 6.33 Å². The van der Waals surface area contributed by atoms with Crippen molar-refractivity contribution in [1.29, 1.82) is 0 Å². The fraction of sp³-hybridized carbons (Fsp3) is 0.310. The van der Waals surface area contributed by atoms with Gasteiger partial charge in [-0.1, -0.05) is 35.9 Å². The number of imidazole rings is 1. The zero-order valence-corrected chi connectivity index (χ0v) is 22.5. The van der Waals surface area contributed by atoms with Gasteiger partial charge in [-0.3, -0.25) is 9.36 Å². The molecule has 2 N–H and O–H groups in total. The van der Waals surface area contributed by atoms with Crippen LogP contribution < -0.4 is 10.6 Å². The second-order valence-corrected chi connectivity index (χ2v) is 11.0. The summed E-state index contributed by atoms with van der Waals surface area (Å²) in [7, 11) is 0. The van der Waals surface area contributed by atoms with Gasteiger partial charge in [0.15, 0.2) is 0 Å². The molecule has 0 radical (unpaired) electrons. The number of H-pyrrole nitrogens is 1. The third-order valence-electron chi connectivity index (χ3n) is 8.06. The average Bonchev–Trinajstić information content (AvgIpc) is 3.49. The number of likely N-dealkylation sites (tertiary alicyclic amines) is 1. The van der Waals surface area contributed by atoms with Gasteiger partial charge in [0.25, 0.3) is 0 Å². The predicted octanol–water partition coefficient (Wildman–Crippen LogP) is 3.44. The topological polar surface area (TPSA) is 112 Å². The Morgan fingerprint density at radius 2 is 1.80 bits per heavy atom. The molecule has 3 aromatic heterocycles. The van der Waals surface area contributed by atoms with Crippen LogP contribution in [-0.4, -0.2) is 72.3 Å². The molecule has 0 bridgehead atoms. The number of anilines is 1. The molecule has 2 fully saturated rings. The predicted molar refractivity (Wildman–Crippen MR) is 154 cm³/mol. The zero-order chi connectivity index (χ0) is 27.4. The van der Waals surface area contributed by atoms with E-state index in [1.807, 2.05) is 73.7 Å². The van der Waals surface area contributed by atoms with Crippen molar-refractivity contribution in [2.45, 2.75) is 31.5 Å². The van der Waals surface area contributed by atoms with Crippen LogP contribution >= 0.6 is 11.6 Å². The van der Waals surface area contributed by atoms with Crippen LogP contribution in [0.15, 0.2) is 65.8 Å². The number of nitrogens with zero attached hydrogens (tertiary/aromatic N) is 6. The lowest BCUT2D eigenvalue weighted by molar-refractivity contribution is -0.133. The van der Waals surface area contributed by atoms with Crippen molar-refractivity contribution < 1.29 is 9.90 Å². The van der Waals surface area contributed by atoms with Gasteiger partial charge in [0.05, 0.1) is 22.5 Å². The van der Waals surface area contributed by atoms with Crippen LogP contribution in [0.2, 0.25) is 5.02 Å². The molecule has 5 aromatic rings. The highest BCUT2D eigenvalue weighted by Crippen LogP contribution is 2.37. The number of hydrogen-bond acceptors (Lipinski definition) is 6. The summed E-state index contributed by atoms with van der Waals surface area (Å²) in [6, 6.07) is 15.3. The average molecular weight is 558 g/mol. The van der Waals surface area contributed by atoms with Crippen molar-refractivity contribution in [3.63, 3.8) is 0 Å². The summed E-state index contributed by atoms with van der Waals surface area (Å²) in [6.07, 6.45) is 4.51. The molecular formula is C29H28ClN7O3. The maximum Gasteiger partial charge on any atom is 0.326 e. The first-order valence-electron chi connectivity index (χ1n) is 13.5. The molecule has 5 heterocycles. The SMILES string of the molecule is O=C(Cn1cc(-c2ccc(Cl)cc2)c2c(N3CC(O)C3)ncnc21)N1CCC(n2c(=O)[nH]c3ccccc32)CC1. The number of aliphatic hydroxyl groups excluding tert-OH is 1. The highest BCUT2D eigenvalue weighted by molar-refractivity contribution is 6.30. The number of aliphatic hydroxyl groups is 1. The maximum absolute atomic E-state index is 13.5. The van der Waals surface area contributed by atoms with Crippen molar-refractivity contribution in [3.8, 4) is 11.1 Å². The molecule has 40 heavy (non-hydrogen) atoms. The fourth-order valence-electron chi connectivity index (χ4n) is 6.00. The number of piperidine rings is 1. The quantitative estimate of drug-likeness (QED) is 0.342. The van der Waals surface area contributed by atoms with E-state index in [2.05, 4.69) is 15.0 Å². The Hall–Kier alpha value is -4.15. The molecule has 0 spiro atoms. The van der Waals surface area contributed by atoms with Crippen LogP contribution in [-0.2, 0) is 11.3 Å². The van der Waals surface area contributed by atoms with Crippen LogP contribution in [0.4, 0.5) is 5.82 Å². The number of rotatable bonds is 5. The number of carbonyl (C=O) groups is 1. The Balaban J connectivity index is 1.15. The molecule has 0 unspecified atom stereocenters. The van der Waals surface area contributed by atoms with Gasteiger partial charge < -0.3 is 24.5 Å². The minimum absolute atomic E-state index is 0.00353. The number of para-hydroxylation sites is 2. The summed E-state index contributed by atoms with van der Waals surface area (Å²) < 4.78 is 3.72. The zero-order valence-electron chi connectivity index (χ0n) is 21.7. The number of hydrogen-bond donors (Lipinski definition) is 2. The van der Waals surface area contributed by atoms with E-state index in [0.717, 1.165) is 33.4 Å². The molecule has 11 heteroatoms. The van der Waals surface area contributed by atoms with E-state index in [-0.39, 0.29) is 30.3 Å². The van der Waals surface area contributed by atoms with Crippen molar-refractivity contribution in [2.24, 2.45) is 0 Å². The first kappa shape index (κ1) is 24.9. The van der Waals surface area contributed by atoms with E-state index in [0.29, 0.717) is 49.7 Å². The number of halogens is 1. The summed E-state index contributed by atoms with van der Waals surface area (Å²) in [5.74, 6) is 0.750. The van der Waals surface area contributed by atoms with Gasteiger partial charge in [0.2, 0.25) is 5.91 Å². The molecule has 2 aliphatic rings. The Bertz CT molecular complexity index is 1780. The first-order chi connectivity index (χ1) is 19.5. The van der Waals surface area contributed by atoms with Gasteiger partial charge in [-0.25, -0.2) is 14.8 Å². The number of aromatic nitrogens is 5. The standard InChI is InChI=1S/C29H28ClN7O3/c30-19-7-5-18(6-8-19)22-15-36(28-26(22)27(31-17-32-28)35-13-21(38)14-35)16-25(39)34-11-9-20(10-12-34)37-24-4-2-1-3-23(24)33-29(37)40/h1-8,15,17,20-21,38H,9-14,16H2,(H,33,40). The van der Waals surface area contributed by atoms with Crippen LogP contribution in [0.1, 0.15) is 18.9 Å². The second-order valence-electron chi connectivity index (χ2n) is 10.6. The number of carbonyl (C=O) groups excluding carboxylic acids is 1. The number of amides is 1. The maximum atomic E-state index is 13.5. The Kier molecular flexibility index (Phi) is 6.09. The molecule has 0 aliphatic carbocycles. The highest BCUT2D eigenvalue weighted by Gasteiger charge is 2.30. The minimum atomic E-state index is -0.379. The van der Waals surface area contributed by atoms with E-state index in [1.54, 1.807) is 0 Å². The second kappa shape index (κ2) is 9.79. The van der Waals surface area contributed by atoms with Crippen molar-refractivity contribution in [2.75, 3.05) is 31.1 Å². The lowest BCUT2D eigenvalue weighted by Gasteiger charge is -2.37. The summed E-state index contributed by atoms with van der Waals surface area (Å²) in [5, 5.41) is 11.4. The van der Waals surface area contributed by atoms with Gasteiger partial charge in [-0.05, 0) is 42.7 Å². The van der Waals surface area contributed by atoms with Gasteiger partial charge in [0.1, 0.15) is 24.3 Å². The Labute approximate surface area is 234 Å². The Morgan fingerprint density at radius 3 is 2.55 bits per heavy atom. The van der Waals surface area contributed by atoms with Crippen LogP contribution in [0.5, 0.6) is 0 Å². The molecule has 2 aromatic carbocycles. The first-order valence-corrected chi connectivity index (χ1v) is 13.8. The van der Waals surface area contributed by atoms with Crippen LogP contribution in [0.3, 0.4) is 0 Å². The number of aromatic amines is 1. The largest absolute Gasteiger partial charge is 0.389 e. The number of β-amino-alcohol motifs (C(OH)–C–C–N with tert-alkyl or cyclic N) is 1. The van der Waals surface area contributed by atoms with Crippen LogP contribution in [0, 0.1) is 0 Å². The Morgan fingerprint density at radius 1 is 1.05 bits per heavy atom. The highest BCUT2D eigenvalue weighted by atomic mass is 35.5. The number of nitrogens with one attached hydrogen (secondary N) is 1. The smallest absolute Gasteiger partial charge is 0.326 e. The lowest BCUT2D eigenvalue weighted by atomic mass is 10.0. The molecule has 2 saturated heterocycles. The third kappa shape index (κ3) is 4.24. The molecular weight excluding hydrogens is 530 g/mol. The molecule has 10 nitrogen and oxygen atoms in total. The normalized spacial score (nSPS) is 16.6. The van der Waals surface area contributed by atoms with E-state index >= 15 is 0 Å². The van der Waals surface area contributed by atoms with Gasteiger partial charge in [0, 0.05) is 49.0 Å². The molecule has 0 atom stereocenters. The van der Waals surface area contributed by atoms with Gasteiger partial charge in [-0.15, -0.1) is 0 Å². The van der Waals surface area contributed by atoms with Gasteiger partial charge in [-0.2, -0.15) is 0 Å². The molecule has 1 amide bonds. The molecule has 204 valence electrons. The van der Waals surface area contributed by atoms with E-state index < -0.39 is 0 Å². The van der Waals surface area contributed by atoms with Gasteiger partial charge >= 0.3 is 5.69 Å². The minimum Gasteiger partial charge on any atom is -0.389 e. The number of benzene rings is 2. The lowest BCUT2D eigenvalue weighted by Crippen LogP contribution is -2.51. The third-order valence-corrected chi connectivity index (χ3v) is 8.31. The van der Waals surface area contributed by atoms with Crippen molar-refractivity contribution in [3.05, 3.63) is 76.6 Å². The molecule has 0 saturated carbocycles. The van der Waals surface area contributed by atoms with E-state index in [4.69, 9.17) is 11.6 Å². The summed E-state index contributed by atoms with van der Waals surface area (Å²) in [4.78, 5) is 42.1. The van der Waals surface area contributed by atoms with E-state index in [9.17, 15) is 14.7 Å². The monoisotopic (exact) mass is 557 g/mol. The molecule has 2 aliphatic heterocycles. The summed E-state index contributed by atoms with van der Waals surface area (Å²) >= 11 is 6.15. The summed E-state index contributed by atoms with van der Waals surface area (Å²) in [6.45, 7) is 2.30. The van der Waals surface area contributed by atoms with Crippen molar-refractivity contribution in [1.82, 2.24) is 29.0 Å². The summed E-state index contributed by atoms with van der Waals surface area (Å²) in [5.41, 5.74) is 4.15.